The fraction of sp³-hybridized carbons (Fsp3) is 0.429. The summed E-state index contributed by atoms with van der Waals surface area (Å²) >= 11 is 0.916. The van der Waals surface area contributed by atoms with E-state index in [1.807, 2.05) is 0 Å². The molecule has 1 rings (SSSR count). The van der Waals surface area contributed by atoms with Crippen molar-refractivity contribution < 1.29 is 18.0 Å². The van der Waals surface area contributed by atoms with Crippen molar-refractivity contribution >= 4 is 34.1 Å². The summed E-state index contributed by atoms with van der Waals surface area (Å²) in [5.74, 6) is -0.745. The van der Waals surface area contributed by atoms with Gasteiger partial charge >= 0.3 is 5.51 Å². The number of carbonyl (C=O) groups excluding carboxylic acids is 1. The second kappa shape index (κ2) is 5.39. The minimum Gasteiger partial charge on any atom is -0.375 e. The first-order valence-electron chi connectivity index (χ1n) is 4.08. The fourth-order valence-electron chi connectivity index (χ4n) is 0.814. The number of anilines is 1. The molecular weight excluding hydrogens is 263 g/mol. The predicted molar refractivity (Wildman–Crippen MR) is 57.4 cm³/mol. The summed E-state index contributed by atoms with van der Waals surface area (Å²) in [6.45, 7) is -0.0690. The number of nitrogens with zero attached hydrogens (tertiary/aromatic N) is 1. The van der Waals surface area contributed by atoms with Crippen LogP contribution in [0.3, 0.4) is 0 Å². The third-order valence-electron chi connectivity index (χ3n) is 1.41. The highest BCUT2D eigenvalue weighted by atomic mass is 32.2. The number of nitrogens with one attached hydrogen (secondary N) is 1. The van der Waals surface area contributed by atoms with Crippen molar-refractivity contribution in [3.8, 4) is 0 Å². The number of halogens is 3. The maximum absolute atomic E-state index is 11.7. The van der Waals surface area contributed by atoms with Crippen molar-refractivity contribution in [2.75, 3.05) is 18.0 Å². The Bertz CT molecular complexity index is 366. The Hall–Kier alpha value is -0.960. The lowest BCUT2D eigenvalue weighted by molar-refractivity contribution is -0.0327. The Labute approximate surface area is 97.4 Å². The van der Waals surface area contributed by atoms with Gasteiger partial charge in [0.25, 0.3) is 5.91 Å². The summed E-state index contributed by atoms with van der Waals surface area (Å²) in [5.41, 5.74) is 1.16. The van der Waals surface area contributed by atoms with Crippen molar-refractivity contribution in [2.24, 2.45) is 0 Å². The van der Waals surface area contributed by atoms with E-state index in [4.69, 9.17) is 5.73 Å². The third-order valence-corrected chi connectivity index (χ3v) is 2.82. The topological polar surface area (TPSA) is 68.0 Å². The van der Waals surface area contributed by atoms with E-state index in [0.717, 1.165) is 11.3 Å². The molecule has 0 aliphatic rings. The highest BCUT2D eigenvalue weighted by Crippen LogP contribution is 2.29. The summed E-state index contributed by atoms with van der Waals surface area (Å²) in [7, 11) is 0. The van der Waals surface area contributed by atoms with Crippen LogP contribution in [0.1, 0.15) is 10.5 Å². The zero-order valence-electron chi connectivity index (χ0n) is 7.87. The number of carbonyl (C=O) groups is 1. The lowest BCUT2D eigenvalue weighted by atomic mass is 10.4. The molecule has 4 nitrogen and oxygen atoms in total. The zero-order chi connectivity index (χ0) is 12.2. The third kappa shape index (κ3) is 4.71. The molecule has 0 atom stereocenters. The molecule has 0 aromatic carbocycles. The summed E-state index contributed by atoms with van der Waals surface area (Å²) in [6, 6.07) is 0. The molecule has 90 valence electrons. The number of hydrogen-bond donors (Lipinski definition) is 2. The Morgan fingerprint density at radius 3 is 2.81 bits per heavy atom. The van der Waals surface area contributed by atoms with E-state index in [1.165, 1.54) is 5.38 Å². The summed E-state index contributed by atoms with van der Waals surface area (Å²) in [4.78, 5) is 15.0. The van der Waals surface area contributed by atoms with Gasteiger partial charge in [0, 0.05) is 17.7 Å². The van der Waals surface area contributed by atoms with Crippen LogP contribution in [0, 0.1) is 0 Å². The van der Waals surface area contributed by atoms with Gasteiger partial charge < -0.3 is 11.1 Å². The Morgan fingerprint density at radius 2 is 2.31 bits per heavy atom. The number of rotatable bonds is 4. The summed E-state index contributed by atoms with van der Waals surface area (Å²) < 4.78 is 35.2. The van der Waals surface area contributed by atoms with Gasteiger partial charge in [-0.3, -0.25) is 4.79 Å². The second-order valence-electron chi connectivity index (χ2n) is 2.62. The summed E-state index contributed by atoms with van der Waals surface area (Å²) in [5, 5.41) is 4.00. The molecular formula is C7H8F3N3OS2. The van der Waals surface area contributed by atoms with Crippen molar-refractivity contribution in [1.29, 1.82) is 0 Å². The SMILES string of the molecule is Nc1nc(C(=O)NCCSC(F)(F)F)cs1. The lowest BCUT2D eigenvalue weighted by Crippen LogP contribution is -2.26. The Morgan fingerprint density at radius 1 is 1.62 bits per heavy atom. The van der Waals surface area contributed by atoms with Crippen molar-refractivity contribution in [1.82, 2.24) is 10.3 Å². The first-order valence-corrected chi connectivity index (χ1v) is 5.95. The molecule has 1 aromatic rings. The van der Waals surface area contributed by atoms with E-state index in [0.29, 0.717) is 0 Å². The molecule has 9 heteroatoms. The lowest BCUT2D eigenvalue weighted by Gasteiger charge is -2.05. The van der Waals surface area contributed by atoms with E-state index in [9.17, 15) is 18.0 Å². The van der Waals surface area contributed by atoms with Crippen LogP contribution in [0.5, 0.6) is 0 Å². The van der Waals surface area contributed by atoms with Crippen LogP contribution in [-0.4, -0.2) is 28.7 Å². The number of amides is 1. The second-order valence-corrected chi connectivity index (χ2v) is 4.67. The molecule has 1 heterocycles. The van der Waals surface area contributed by atoms with Crippen LogP contribution in [0.2, 0.25) is 0 Å². The Kier molecular flexibility index (Phi) is 4.42. The maximum atomic E-state index is 11.7. The highest BCUT2D eigenvalue weighted by molar-refractivity contribution is 8.00. The number of aromatic nitrogens is 1. The van der Waals surface area contributed by atoms with Gasteiger partial charge in [-0.2, -0.15) is 13.2 Å². The molecule has 0 spiro atoms. The van der Waals surface area contributed by atoms with Crippen LogP contribution in [0.15, 0.2) is 5.38 Å². The van der Waals surface area contributed by atoms with E-state index in [1.54, 1.807) is 0 Å². The van der Waals surface area contributed by atoms with E-state index >= 15 is 0 Å². The molecule has 0 fully saturated rings. The van der Waals surface area contributed by atoms with Crippen LogP contribution < -0.4 is 11.1 Å². The number of nitrogen functional groups attached to an aromatic ring is 1. The minimum absolute atomic E-state index is 0.0690. The molecule has 1 amide bonds. The number of thioether (sulfide) groups is 1. The molecule has 0 aliphatic carbocycles. The number of thiazole rings is 1. The van der Waals surface area contributed by atoms with Gasteiger partial charge in [-0.1, -0.05) is 0 Å². The molecule has 0 bridgehead atoms. The minimum atomic E-state index is -4.27. The molecule has 3 N–H and O–H groups in total. The largest absolute Gasteiger partial charge is 0.441 e. The summed E-state index contributed by atoms with van der Waals surface area (Å²) in [6.07, 6.45) is 0. The van der Waals surface area contributed by atoms with Gasteiger partial charge in [0.2, 0.25) is 0 Å². The van der Waals surface area contributed by atoms with Crippen molar-refractivity contribution in [3.63, 3.8) is 0 Å². The number of nitrogens with two attached hydrogens (primary N) is 1. The van der Waals surface area contributed by atoms with Crippen LogP contribution in [-0.2, 0) is 0 Å². The number of alkyl halides is 3. The van der Waals surface area contributed by atoms with Gasteiger partial charge in [-0.05, 0) is 11.8 Å². The quantitative estimate of drug-likeness (QED) is 0.818. The van der Waals surface area contributed by atoms with Crippen molar-refractivity contribution in [2.45, 2.75) is 5.51 Å². The van der Waals surface area contributed by atoms with E-state index in [2.05, 4.69) is 10.3 Å². The molecule has 0 unspecified atom stereocenters. The van der Waals surface area contributed by atoms with E-state index in [-0.39, 0.29) is 34.9 Å². The average molecular weight is 271 g/mol. The monoisotopic (exact) mass is 271 g/mol. The highest BCUT2D eigenvalue weighted by Gasteiger charge is 2.27. The van der Waals surface area contributed by atoms with Gasteiger partial charge in [0.1, 0.15) is 5.69 Å². The van der Waals surface area contributed by atoms with Gasteiger partial charge in [-0.25, -0.2) is 4.98 Å². The van der Waals surface area contributed by atoms with Crippen LogP contribution >= 0.6 is 23.1 Å². The van der Waals surface area contributed by atoms with Crippen molar-refractivity contribution in [3.05, 3.63) is 11.1 Å². The maximum Gasteiger partial charge on any atom is 0.441 e. The number of hydrogen-bond acceptors (Lipinski definition) is 5. The van der Waals surface area contributed by atoms with Crippen LogP contribution in [0.25, 0.3) is 0 Å². The standard InChI is InChI=1S/C7H8F3N3OS2/c8-7(9,10)16-2-1-12-5(14)4-3-15-6(11)13-4/h3H,1-2H2,(H2,11,13)(H,12,14). The molecule has 0 radical (unpaired) electrons. The fourth-order valence-corrected chi connectivity index (χ4v) is 1.79. The van der Waals surface area contributed by atoms with Gasteiger partial charge in [0.05, 0.1) is 0 Å². The van der Waals surface area contributed by atoms with Gasteiger partial charge in [0.15, 0.2) is 5.13 Å². The van der Waals surface area contributed by atoms with E-state index < -0.39 is 11.4 Å². The molecule has 0 saturated carbocycles. The predicted octanol–water partition coefficient (Wildman–Crippen LogP) is 1.71. The van der Waals surface area contributed by atoms with Crippen LogP contribution in [0.4, 0.5) is 18.3 Å². The molecule has 0 aliphatic heterocycles. The first kappa shape index (κ1) is 13.1. The van der Waals surface area contributed by atoms with Gasteiger partial charge in [-0.15, -0.1) is 11.3 Å². The first-order chi connectivity index (χ1) is 7.38. The molecule has 16 heavy (non-hydrogen) atoms. The Balaban J connectivity index is 2.26. The molecule has 1 aromatic heterocycles. The average Bonchev–Trinajstić information content (AvgIpc) is 2.57. The smallest absolute Gasteiger partial charge is 0.375 e. The zero-order valence-corrected chi connectivity index (χ0v) is 9.51. The normalized spacial score (nSPS) is 11.4. The molecule has 0 saturated heterocycles.